The fourth-order valence-corrected chi connectivity index (χ4v) is 2.71. The number of halogens is 2. The molecule has 0 aromatic heterocycles. The van der Waals surface area contributed by atoms with E-state index in [-0.39, 0.29) is 5.57 Å². The van der Waals surface area contributed by atoms with Gasteiger partial charge in [0.1, 0.15) is 5.75 Å². The molecule has 1 aromatic carbocycles. The van der Waals surface area contributed by atoms with Crippen LogP contribution in [0.25, 0.3) is 6.08 Å². The Balaban J connectivity index is 3.22. The molecule has 0 saturated heterocycles. The first-order valence-corrected chi connectivity index (χ1v) is 7.07. The molecule has 1 aromatic rings. The third kappa shape index (κ3) is 4.14. The highest BCUT2D eigenvalue weighted by Gasteiger charge is 2.10. The second kappa shape index (κ2) is 6.95. The van der Waals surface area contributed by atoms with Crippen LogP contribution < -0.4 is 4.74 Å². The minimum atomic E-state index is -0.937. The van der Waals surface area contributed by atoms with E-state index in [9.17, 15) is 4.79 Å². The van der Waals surface area contributed by atoms with Gasteiger partial charge in [0.2, 0.25) is 0 Å². The second-order valence-corrected chi connectivity index (χ2v) is 5.56. The number of benzene rings is 1. The van der Waals surface area contributed by atoms with E-state index in [2.05, 4.69) is 31.9 Å². The van der Waals surface area contributed by atoms with Crippen LogP contribution in [0.15, 0.2) is 26.7 Å². The van der Waals surface area contributed by atoms with Gasteiger partial charge in [-0.25, -0.2) is 4.79 Å². The molecule has 18 heavy (non-hydrogen) atoms. The van der Waals surface area contributed by atoms with Crippen molar-refractivity contribution in [2.45, 2.75) is 20.3 Å². The zero-order valence-corrected chi connectivity index (χ0v) is 13.3. The number of ether oxygens (including phenoxy) is 1. The van der Waals surface area contributed by atoms with E-state index < -0.39 is 5.97 Å². The molecule has 0 amide bonds. The van der Waals surface area contributed by atoms with Crippen LogP contribution in [0.4, 0.5) is 0 Å². The Labute approximate surface area is 123 Å². The van der Waals surface area contributed by atoms with Crippen molar-refractivity contribution in [3.63, 3.8) is 0 Å². The van der Waals surface area contributed by atoms with Gasteiger partial charge in [0.25, 0.3) is 0 Å². The number of hydrogen-bond acceptors (Lipinski definition) is 2. The van der Waals surface area contributed by atoms with Gasteiger partial charge in [0, 0.05) is 15.6 Å². The number of carboxylic acids is 1. The van der Waals surface area contributed by atoms with Crippen LogP contribution in [0.2, 0.25) is 0 Å². The van der Waals surface area contributed by atoms with Crippen LogP contribution in [0.1, 0.15) is 25.8 Å². The highest BCUT2D eigenvalue weighted by Crippen LogP contribution is 2.34. The highest BCUT2D eigenvalue weighted by molar-refractivity contribution is 9.11. The quantitative estimate of drug-likeness (QED) is 0.769. The summed E-state index contributed by atoms with van der Waals surface area (Å²) >= 11 is 6.80. The van der Waals surface area contributed by atoms with E-state index in [0.29, 0.717) is 12.4 Å². The summed E-state index contributed by atoms with van der Waals surface area (Å²) in [7, 11) is 0. The first-order chi connectivity index (χ1) is 8.45. The predicted molar refractivity (Wildman–Crippen MR) is 78.9 cm³/mol. The van der Waals surface area contributed by atoms with Gasteiger partial charge < -0.3 is 9.84 Å². The van der Waals surface area contributed by atoms with Gasteiger partial charge in [-0.3, -0.25) is 0 Å². The molecule has 0 aliphatic rings. The summed E-state index contributed by atoms with van der Waals surface area (Å²) in [6.07, 6.45) is 2.49. The van der Waals surface area contributed by atoms with E-state index >= 15 is 0 Å². The summed E-state index contributed by atoms with van der Waals surface area (Å²) in [4.78, 5) is 10.9. The summed E-state index contributed by atoms with van der Waals surface area (Å²) in [6, 6.07) is 3.71. The lowest BCUT2D eigenvalue weighted by molar-refractivity contribution is -0.132. The van der Waals surface area contributed by atoms with Crippen molar-refractivity contribution in [1.29, 1.82) is 0 Å². The van der Waals surface area contributed by atoms with Gasteiger partial charge in [0.05, 0.1) is 11.1 Å². The van der Waals surface area contributed by atoms with E-state index in [1.165, 1.54) is 0 Å². The number of carboxylic acid groups (broad SMARTS) is 1. The standard InChI is InChI=1S/C13H14Br2O3/c1-3-4-18-12-9(5-8(2)13(16)17)6-10(14)7-11(12)15/h5-7H,3-4H2,1-2H3,(H,16,17). The summed E-state index contributed by atoms with van der Waals surface area (Å²) in [5.74, 6) is -0.270. The van der Waals surface area contributed by atoms with Crippen LogP contribution in [0.3, 0.4) is 0 Å². The molecule has 0 heterocycles. The highest BCUT2D eigenvalue weighted by atomic mass is 79.9. The van der Waals surface area contributed by atoms with Gasteiger partial charge >= 0.3 is 5.97 Å². The summed E-state index contributed by atoms with van der Waals surface area (Å²) in [6.45, 7) is 4.17. The Morgan fingerprint density at radius 3 is 2.67 bits per heavy atom. The SMILES string of the molecule is CCCOc1c(Br)cc(Br)cc1C=C(C)C(=O)O. The lowest BCUT2D eigenvalue weighted by Crippen LogP contribution is -2.00. The molecular formula is C13H14Br2O3. The van der Waals surface area contributed by atoms with Gasteiger partial charge in [0.15, 0.2) is 0 Å². The van der Waals surface area contributed by atoms with Crippen molar-refractivity contribution < 1.29 is 14.6 Å². The maximum Gasteiger partial charge on any atom is 0.331 e. The second-order valence-electron chi connectivity index (χ2n) is 3.79. The molecule has 98 valence electrons. The zero-order valence-electron chi connectivity index (χ0n) is 10.2. The molecule has 0 atom stereocenters. The average Bonchev–Trinajstić information content (AvgIpc) is 2.27. The molecule has 3 nitrogen and oxygen atoms in total. The largest absolute Gasteiger partial charge is 0.492 e. The maximum atomic E-state index is 10.9. The smallest absolute Gasteiger partial charge is 0.331 e. The van der Waals surface area contributed by atoms with E-state index in [0.717, 1.165) is 20.9 Å². The van der Waals surface area contributed by atoms with Crippen molar-refractivity contribution >= 4 is 43.9 Å². The van der Waals surface area contributed by atoms with Crippen molar-refractivity contribution in [3.05, 3.63) is 32.2 Å². The van der Waals surface area contributed by atoms with Crippen LogP contribution in [-0.4, -0.2) is 17.7 Å². The van der Waals surface area contributed by atoms with Gasteiger partial charge in [-0.15, -0.1) is 0 Å². The Morgan fingerprint density at radius 1 is 1.44 bits per heavy atom. The monoisotopic (exact) mass is 376 g/mol. The maximum absolute atomic E-state index is 10.9. The zero-order chi connectivity index (χ0) is 13.7. The Hall–Kier alpha value is -0.810. The summed E-state index contributed by atoms with van der Waals surface area (Å²) in [5, 5.41) is 8.92. The van der Waals surface area contributed by atoms with Crippen molar-refractivity contribution in [2.24, 2.45) is 0 Å². The Kier molecular flexibility index (Phi) is 5.88. The molecule has 1 rings (SSSR count). The molecule has 0 radical (unpaired) electrons. The van der Waals surface area contributed by atoms with Crippen molar-refractivity contribution in [2.75, 3.05) is 6.61 Å². The number of rotatable bonds is 5. The van der Waals surface area contributed by atoms with E-state index in [4.69, 9.17) is 9.84 Å². The van der Waals surface area contributed by atoms with Gasteiger partial charge in [-0.05, 0) is 47.5 Å². The Morgan fingerprint density at radius 2 is 2.11 bits per heavy atom. The lowest BCUT2D eigenvalue weighted by Gasteiger charge is -2.11. The molecule has 0 unspecified atom stereocenters. The minimum Gasteiger partial charge on any atom is -0.492 e. The number of aliphatic carboxylic acids is 1. The fourth-order valence-electron chi connectivity index (χ4n) is 1.34. The van der Waals surface area contributed by atoms with Crippen molar-refractivity contribution in [3.8, 4) is 5.75 Å². The molecule has 0 aliphatic carbocycles. The first-order valence-electron chi connectivity index (χ1n) is 5.49. The molecule has 0 fully saturated rings. The molecule has 1 N–H and O–H groups in total. The topological polar surface area (TPSA) is 46.5 Å². The molecule has 0 saturated carbocycles. The summed E-state index contributed by atoms with van der Waals surface area (Å²) in [5.41, 5.74) is 1.01. The average molecular weight is 378 g/mol. The van der Waals surface area contributed by atoms with Crippen LogP contribution >= 0.6 is 31.9 Å². The van der Waals surface area contributed by atoms with Crippen LogP contribution in [0.5, 0.6) is 5.75 Å². The van der Waals surface area contributed by atoms with Gasteiger partial charge in [-0.1, -0.05) is 22.9 Å². The number of carbonyl (C=O) groups is 1. The minimum absolute atomic E-state index is 0.265. The normalized spacial score (nSPS) is 11.4. The molecule has 0 bridgehead atoms. The Bertz CT molecular complexity index is 481. The van der Waals surface area contributed by atoms with Gasteiger partial charge in [-0.2, -0.15) is 0 Å². The van der Waals surface area contributed by atoms with Crippen molar-refractivity contribution in [1.82, 2.24) is 0 Å². The third-order valence-corrected chi connectivity index (χ3v) is 3.24. The van der Waals surface area contributed by atoms with Crippen LogP contribution in [0, 0.1) is 0 Å². The summed E-state index contributed by atoms with van der Waals surface area (Å²) < 4.78 is 7.31. The lowest BCUT2D eigenvalue weighted by atomic mass is 10.1. The molecule has 5 heteroatoms. The predicted octanol–water partition coefficient (Wildman–Crippen LogP) is 4.49. The third-order valence-electron chi connectivity index (χ3n) is 2.20. The molecular weight excluding hydrogens is 364 g/mol. The first kappa shape index (κ1) is 15.2. The molecule has 0 aliphatic heterocycles. The molecule has 0 spiro atoms. The van der Waals surface area contributed by atoms with Crippen LogP contribution in [-0.2, 0) is 4.79 Å². The fraction of sp³-hybridized carbons (Fsp3) is 0.308. The van der Waals surface area contributed by atoms with E-state index in [1.807, 2.05) is 19.1 Å². The van der Waals surface area contributed by atoms with E-state index in [1.54, 1.807) is 13.0 Å². The number of hydrogen-bond donors (Lipinski definition) is 1.